The predicted molar refractivity (Wildman–Crippen MR) is 117 cm³/mol. The minimum atomic E-state index is -0.762. The van der Waals surface area contributed by atoms with E-state index >= 15 is 0 Å². The van der Waals surface area contributed by atoms with E-state index in [2.05, 4.69) is 16.9 Å². The van der Waals surface area contributed by atoms with E-state index in [0.717, 1.165) is 38.1 Å². The lowest BCUT2D eigenvalue weighted by atomic mass is 10.0. The fourth-order valence-electron chi connectivity index (χ4n) is 4.46. The van der Waals surface area contributed by atoms with E-state index in [9.17, 15) is 13.6 Å². The SMILES string of the molecule is CN1CCC(OCC2COc3c(-c4ccc(F)cc4F)c(Cl)cc4cnc(=O)n2c34)CC1. The Bertz CT molecular complexity index is 1240. The van der Waals surface area contributed by atoms with Gasteiger partial charge in [0.05, 0.1) is 29.3 Å². The summed E-state index contributed by atoms with van der Waals surface area (Å²) in [4.78, 5) is 19.0. The van der Waals surface area contributed by atoms with E-state index in [4.69, 9.17) is 21.1 Å². The average molecular weight is 462 g/mol. The molecule has 3 heterocycles. The highest BCUT2D eigenvalue weighted by atomic mass is 35.5. The molecule has 0 saturated carbocycles. The molecule has 0 radical (unpaired) electrons. The Kier molecular flexibility index (Phi) is 5.61. The van der Waals surface area contributed by atoms with Crippen molar-refractivity contribution in [3.63, 3.8) is 0 Å². The fraction of sp³-hybridized carbons (Fsp3) is 0.391. The molecule has 3 aromatic rings. The molecule has 0 aliphatic carbocycles. The molecule has 2 aliphatic heterocycles. The van der Waals surface area contributed by atoms with Crippen molar-refractivity contribution in [2.45, 2.75) is 25.0 Å². The van der Waals surface area contributed by atoms with Gasteiger partial charge < -0.3 is 14.4 Å². The van der Waals surface area contributed by atoms with Gasteiger partial charge in [0.1, 0.15) is 18.2 Å². The molecule has 6 nitrogen and oxygen atoms in total. The molecular formula is C23H22ClF2N3O3. The van der Waals surface area contributed by atoms with Crippen LogP contribution in [0.4, 0.5) is 8.78 Å². The minimum Gasteiger partial charge on any atom is -0.488 e. The average Bonchev–Trinajstić information content (AvgIpc) is 2.77. The summed E-state index contributed by atoms with van der Waals surface area (Å²) in [7, 11) is 2.08. The second kappa shape index (κ2) is 8.42. The van der Waals surface area contributed by atoms with Crippen LogP contribution in [0.1, 0.15) is 18.9 Å². The van der Waals surface area contributed by atoms with Crippen molar-refractivity contribution in [3.8, 4) is 16.9 Å². The van der Waals surface area contributed by atoms with Gasteiger partial charge in [-0.05, 0) is 38.1 Å². The first-order chi connectivity index (χ1) is 15.4. The van der Waals surface area contributed by atoms with Crippen molar-refractivity contribution < 1.29 is 18.3 Å². The van der Waals surface area contributed by atoms with Gasteiger partial charge in [0.25, 0.3) is 0 Å². The number of halogens is 3. The Balaban J connectivity index is 1.57. The molecule has 0 amide bonds. The van der Waals surface area contributed by atoms with Crippen molar-refractivity contribution in [1.29, 1.82) is 0 Å². The van der Waals surface area contributed by atoms with Crippen LogP contribution in [0.25, 0.3) is 22.0 Å². The molecule has 9 heteroatoms. The van der Waals surface area contributed by atoms with Gasteiger partial charge >= 0.3 is 5.69 Å². The lowest BCUT2D eigenvalue weighted by Gasteiger charge is -2.32. The van der Waals surface area contributed by atoms with Crippen LogP contribution >= 0.6 is 11.6 Å². The molecule has 1 unspecified atom stereocenters. The summed E-state index contributed by atoms with van der Waals surface area (Å²) in [6.45, 7) is 2.39. The summed E-state index contributed by atoms with van der Waals surface area (Å²) in [5, 5.41) is 0.825. The number of hydrogen-bond acceptors (Lipinski definition) is 5. The van der Waals surface area contributed by atoms with Gasteiger partial charge in [-0.15, -0.1) is 0 Å². The highest BCUT2D eigenvalue weighted by Gasteiger charge is 2.30. The molecule has 2 aromatic carbocycles. The van der Waals surface area contributed by atoms with Crippen LogP contribution in [0.2, 0.25) is 5.02 Å². The van der Waals surface area contributed by atoms with Gasteiger partial charge in [-0.2, -0.15) is 0 Å². The molecular weight excluding hydrogens is 440 g/mol. The second-order valence-corrected chi connectivity index (χ2v) is 8.74. The second-order valence-electron chi connectivity index (χ2n) is 8.34. The Morgan fingerprint density at radius 1 is 1.25 bits per heavy atom. The third-order valence-electron chi connectivity index (χ3n) is 6.17. The van der Waals surface area contributed by atoms with Crippen LogP contribution in [0, 0.1) is 11.6 Å². The molecule has 1 saturated heterocycles. The van der Waals surface area contributed by atoms with E-state index in [1.165, 1.54) is 12.3 Å². The Morgan fingerprint density at radius 2 is 2.03 bits per heavy atom. The normalized spacial score (nSPS) is 19.3. The topological polar surface area (TPSA) is 56.6 Å². The van der Waals surface area contributed by atoms with Crippen LogP contribution in [0.5, 0.6) is 5.75 Å². The van der Waals surface area contributed by atoms with Crippen molar-refractivity contribution in [2.24, 2.45) is 0 Å². The van der Waals surface area contributed by atoms with Crippen molar-refractivity contribution in [1.82, 2.24) is 14.5 Å². The maximum Gasteiger partial charge on any atom is 0.348 e. The fourth-order valence-corrected chi connectivity index (χ4v) is 4.77. The largest absolute Gasteiger partial charge is 0.488 e. The highest BCUT2D eigenvalue weighted by Crippen LogP contribution is 2.45. The van der Waals surface area contributed by atoms with E-state index in [1.54, 1.807) is 10.6 Å². The molecule has 168 valence electrons. The van der Waals surface area contributed by atoms with E-state index in [0.29, 0.717) is 17.5 Å². The van der Waals surface area contributed by atoms with E-state index in [1.807, 2.05) is 0 Å². The van der Waals surface area contributed by atoms with Gasteiger partial charge in [-0.3, -0.25) is 4.57 Å². The Labute approximate surface area is 188 Å². The predicted octanol–water partition coefficient (Wildman–Crippen LogP) is 4.04. The van der Waals surface area contributed by atoms with Gasteiger partial charge in [-0.25, -0.2) is 18.6 Å². The first-order valence-corrected chi connectivity index (χ1v) is 10.9. The Hall–Kier alpha value is -2.55. The van der Waals surface area contributed by atoms with E-state index < -0.39 is 17.3 Å². The maximum atomic E-state index is 14.6. The molecule has 1 atom stereocenters. The van der Waals surface area contributed by atoms with Crippen molar-refractivity contribution in [3.05, 3.63) is 57.6 Å². The first kappa shape index (κ1) is 21.3. The molecule has 2 aliphatic rings. The molecule has 1 fully saturated rings. The maximum absolute atomic E-state index is 14.6. The summed E-state index contributed by atoms with van der Waals surface area (Å²) in [5.74, 6) is -1.17. The number of rotatable bonds is 4. The van der Waals surface area contributed by atoms with Crippen molar-refractivity contribution in [2.75, 3.05) is 33.4 Å². The third kappa shape index (κ3) is 3.76. The number of ether oxygens (including phenoxy) is 2. The van der Waals surface area contributed by atoms with Gasteiger partial charge in [0, 0.05) is 41.9 Å². The molecule has 0 spiro atoms. The Morgan fingerprint density at radius 3 is 2.78 bits per heavy atom. The smallest absolute Gasteiger partial charge is 0.348 e. The number of benzene rings is 2. The summed E-state index contributed by atoms with van der Waals surface area (Å²) < 4.78 is 41.8. The lowest BCUT2D eigenvalue weighted by Crippen LogP contribution is -2.39. The number of aromatic nitrogens is 2. The van der Waals surface area contributed by atoms with Crippen LogP contribution < -0.4 is 10.4 Å². The number of nitrogens with zero attached hydrogens (tertiary/aromatic N) is 3. The summed E-state index contributed by atoms with van der Waals surface area (Å²) in [5.41, 5.74) is 0.430. The van der Waals surface area contributed by atoms with Gasteiger partial charge in [0.15, 0.2) is 5.75 Å². The molecule has 5 rings (SSSR count). The third-order valence-corrected chi connectivity index (χ3v) is 6.47. The van der Waals surface area contributed by atoms with Gasteiger partial charge in [0.2, 0.25) is 0 Å². The number of hydrogen-bond donors (Lipinski definition) is 0. The number of likely N-dealkylation sites (tertiary alicyclic amines) is 1. The van der Waals surface area contributed by atoms with Crippen molar-refractivity contribution >= 4 is 22.5 Å². The minimum absolute atomic E-state index is 0.102. The zero-order valence-corrected chi connectivity index (χ0v) is 18.2. The zero-order valence-electron chi connectivity index (χ0n) is 17.5. The molecule has 0 N–H and O–H groups in total. The quantitative estimate of drug-likeness (QED) is 0.587. The molecule has 32 heavy (non-hydrogen) atoms. The first-order valence-electron chi connectivity index (χ1n) is 10.5. The van der Waals surface area contributed by atoms with Crippen LogP contribution in [-0.2, 0) is 4.74 Å². The van der Waals surface area contributed by atoms with Crippen LogP contribution in [-0.4, -0.2) is 53.9 Å². The van der Waals surface area contributed by atoms with Gasteiger partial charge in [-0.1, -0.05) is 11.6 Å². The standard InChI is InChI=1S/C23H22ClF2N3O3/c1-28-6-4-16(5-7-28)31-11-15-12-32-22-20(17-3-2-14(25)9-19(17)26)18(24)8-13-10-27-23(30)29(15)21(13)22/h2-3,8-10,15-16H,4-7,11-12H2,1H3. The highest BCUT2D eigenvalue weighted by molar-refractivity contribution is 6.35. The zero-order chi connectivity index (χ0) is 22.4. The monoisotopic (exact) mass is 461 g/mol. The summed E-state index contributed by atoms with van der Waals surface area (Å²) in [6.07, 6.45) is 3.42. The van der Waals surface area contributed by atoms with Crippen LogP contribution in [0.3, 0.4) is 0 Å². The summed E-state index contributed by atoms with van der Waals surface area (Å²) >= 11 is 6.48. The lowest BCUT2D eigenvalue weighted by molar-refractivity contribution is -0.0112. The molecule has 0 bridgehead atoms. The van der Waals surface area contributed by atoms with E-state index in [-0.39, 0.29) is 40.7 Å². The summed E-state index contributed by atoms with van der Waals surface area (Å²) in [6, 6.07) is 4.51. The van der Waals surface area contributed by atoms with Crippen LogP contribution in [0.15, 0.2) is 35.3 Å². The number of piperidine rings is 1. The molecule has 1 aromatic heterocycles.